The molecule has 23 heavy (non-hydrogen) atoms. The van der Waals surface area contributed by atoms with Crippen molar-refractivity contribution >= 4 is 10.9 Å². The quantitative estimate of drug-likeness (QED) is 0.759. The van der Waals surface area contributed by atoms with Crippen LogP contribution in [0.3, 0.4) is 0 Å². The fraction of sp³-hybridized carbons (Fsp3) is 0.133. The van der Waals surface area contributed by atoms with Crippen molar-refractivity contribution in [2.75, 3.05) is 0 Å². The molecule has 0 fully saturated rings. The first-order valence-electron chi connectivity index (χ1n) is 6.61. The Morgan fingerprint density at radius 1 is 1.09 bits per heavy atom. The van der Waals surface area contributed by atoms with Crippen molar-refractivity contribution < 1.29 is 13.2 Å². The van der Waals surface area contributed by atoms with Gasteiger partial charge in [-0.15, -0.1) is 0 Å². The summed E-state index contributed by atoms with van der Waals surface area (Å²) in [7, 11) is 0. The molecular formula is C15H10F3N3O2. The molecule has 0 aliphatic heterocycles. The highest BCUT2D eigenvalue weighted by Gasteiger charge is 2.36. The summed E-state index contributed by atoms with van der Waals surface area (Å²) in [5.74, 6) is 0. The second kappa shape index (κ2) is 5.38. The zero-order valence-corrected chi connectivity index (χ0v) is 11.6. The Labute approximate surface area is 126 Å². The standard InChI is InChI=1S/C15H10F3N3O2/c16-15(17,18)12-10(13(22)21-14(23)20-12)7-8-3-4-11-9(6-8)2-1-5-19-11/h1-6H,7H2,(H2,20,21,22,23). The number of halogens is 3. The number of alkyl halides is 3. The number of aromatic amines is 2. The summed E-state index contributed by atoms with van der Waals surface area (Å²) in [5, 5.41) is 0.749. The van der Waals surface area contributed by atoms with Crippen LogP contribution in [0.2, 0.25) is 0 Å². The molecule has 0 amide bonds. The summed E-state index contributed by atoms with van der Waals surface area (Å²) < 4.78 is 39.1. The van der Waals surface area contributed by atoms with E-state index in [0.29, 0.717) is 11.1 Å². The van der Waals surface area contributed by atoms with Crippen molar-refractivity contribution in [1.82, 2.24) is 15.0 Å². The van der Waals surface area contributed by atoms with Crippen molar-refractivity contribution in [1.29, 1.82) is 0 Å². The molecule has 0 saturated carbocycles. The van der Waals surface area contributed by atoms with E-state index in [1.54, 1.807) is 41.5 Å². The molecular weight excluding hydrogens is 311 g/mol. The molecule has 0 aliphatic carbocycles. The first-order valence-corrected chi connectivity index (χ1v) is 6.61. The maximum Gasteiger partial charge on any atom is 0.431 e. The molecule has 1 aromatic carbocycles. The smallest absolute Gasteiger partial charge is 0.303 e. The van der Waals surface area contributed by atoms with Gasteiger partial charge in [0.05, 0.1) is 11.1 Å². The van der Waals surface area contributed by atoms with Crippen LogP contribution in [-0.2, 0) is 12.6 Å². The Balaban J connectivity index is 2.11. The summed E-state index contributed by atoms with van der Waals surface area (Å²) in [6.45, 7) is 0. The van der Waals surface area contributed by atoms with Crippen LogP contribution >= 0.6 is 0 Å². The number of nitrogens with one attached hydrogen (secondary N) is 2. The van der Waals surface area contributed by atoms with Crippen molar-refractivity contribution in [3.63, 3.8) is 0 Å². The number of rotatable bonds is 2. The summed E-state index contributed by atoms with van der Waals surface area (Å²) in [5.41, 5.74) is -2.88. The minimum absolute atomic E-state index is 0.258. The Bertz CT molecular complexity index is 989. The van der Waals surface area contributed by atoms with Crippen LogP contribution in [0.15, 0.2) is 46.1 Å². The van der Waals surface area contributed by atoms with Crippen LogP contribution < -0.4 is 11.2 Å². The maximum atomic E-state index is 13.0. The molecule has 0 aliphatic rings. The molecule has 0 spiro atoms. The van der Waals surface area contributed by atoms with Crippen molar-refractivity contribution in [3.8, 4) is 0 Å². The second-order valence-electron chi connectivity index (χ2n) is 4.97. The van der Waals surface area contributed by atoms with Crippen LogP contribution in [0, 0.1) is 0 Å². The van der Waals surface area contributed by atoms with Crippen LogP contribution in [0.4, 0.5) is 13.2 Å². The van der Waals surface area contributed by atoms with Gasteiger partial charge in [0, 0.05) is 18.0 Å². The van der Waals surface area contributed by atoms with Gasteiger partial charge in [-0.2, -0.15) is 13.2 Å². The zero-order valence-electron chi connectivity index (χ0n) is 11.6. The Morgan fingerprint density at radius 3 is 2.61 bits per heavy atom. The number of H-pyrrole nitrogens is 2. The van der Waals surface area contributed by atoms with E-state index in [0.717, 1.165) is 5.39 Å². The Morgan fingerprint density at radius 2 is 1.87 bits per heavy atom. The van der Waals surface area contributed by atoms with Gasteiger partial charge in [0.15, 0.2) is 0 Å². The van der Waals surface area contributed by atoms with E-state index in [2.05, 4.69) is 4.98 Å². The summed E-state index contributed by atoms with van der Waals surface area (Å²) in [6.07, 6.45) is -3.47. The van der Waals surface area contributed by atoms with E-state index >= 15 is 0 Å². The monoisotopic (exact) mass is 321 g/mol. The molecule has 0 saturated heterocycles. The van der Waals surface area contributed by atoms with Gasteiger partial charge < -0.3 is 4.98 Å². The van der Waals surface area contributed by atoms with Gasteiger partial charge >= 0.3 is 11.9 Å². The predicted octanol–water partition coefficient (Wildman–Crippen LogP) is 2.22. The molecule has 8 heteroatoms. The number of hydrogen-bond acceptors (Lipinski definition) is 3. The fourth-order valence-corrected chi connectivity index (χ4v) is 2.36. The molecule has 2 N–H and O–H groups in total. The largest absolute Gasteiger partial charge is 0.431 e. The van der Waals surface area contributed by atoms with Crippen LogP contribution in [0.5, 0.6) is 0 Å². The molecule has 0 radical (unpaired) electrons. The lowest BCUT2D eigenvalue weighted by atomic mass is 10.0. The predicted molar refractivity (Wildman–Crippen MR) is 77.2 cm³/mol. The molecule has 118 valence electrons. The van der Waals surface area contributed by atoms with Gasteiger partial charge in [0.25, 0.3) is 5.56 Å². The molecule has 2 aromatic heterocycles. The average Bonchev–Trinajstić information content (AvgIpc) is 2.48. The van der Waals surface area contributed by atoms with E-state index < -0.39 is 28.7 Å². The van der Waals surface area contributed by atoms with E-state index in [1.807, 2.05) is 4.98 Å². The topological polar surface area (TPSA) is 78.6 Å². The summed E-state index contributed by atoms with van der Waals surface area (Å²) in [6, 6.07) is 8.40. The lowest BCUT2D eigenvalue weighted by Gasteiger charge is -2.11. The van der Waals surface area contributed by atoms with Gasteiger partial charge in [-0.1, -0.05) is 12.1 Å². The molecule has 0 atom stereocenters. The van der Waals surface area contributed by atoms with E-state index in [-0.39, 0.29) is 6.42 Å². The van der Waals surface area contributed by atoms with Crippen molar-refractivity contribution in [2.45, 2.75) is 12.6 Å². The lowest BCUT2D eigenvalue weighted by Crippen LogP contribution is -2.31. The third-order valence-electron chi connectivity index (χ3n) is 3.37. The number of nitrogens with zero attached hydrogens (tertiary/aromatic N) is 1. The first-order chi connectivity index (χ1) is 10.8. The third-order valence-corrected chi connectivity index (χ3v) is 3.37. The van der Waals surface area contributed by atoms with Gasteiger partial charge in [0.1, 0.15) is 5.69 Å². The van der Waals surface area contributed by atoms with E-state index in [9.17, 15) is 22.8 Å². The third kappa shape index (κ3) is 3.01. The highest BCUT2D eigenvalue weighted by molar-refractivity contribution is 5.79. The molecule has 3 aromatic rings. The van der Waals surface area contributed by atoms with E-state index in [1.165, 1.54) is 0 Å². The summed E-state index contributed by atoms with van der Waals surface area (Å²) >= 11 is 0. The lowest BCUT2D eigenvalue weighted by molar-refractivity contribution is -0.142. The number of aromatic nitrogens is 3. The van der Waals surface area contributed by atoms with E-state index in [4.69, 9.17) is 0 Å². The second-order valence-corrected chi connectivity index (χ2v) is 4.97. The molecule has 5 nitrogen and oxygen atoms in total. The number of pyridine rings is 1. The van der Waals surface area contributed by atoms with Crippen molar-refractivity contribution in [2.24, 2.45) is 0 Å². The number of hydrogen-bond donors (Lipinski definition) is 2. The van der Waals surface area contributed by atoms with Gasteiger partial charge in [0.2, 0.25) is 0 Å². The van der Waals surface area contributed by atoms with Crippen LogP contribution in [0.25, 0.3) is 10.9 Å². The normalized spacial score (nSPS) is 11.8. The minimum Gasteiger partial charge on any atom is -0.303 e. The van der Waals surface area contributed by atoms with Crippen molar-refractivity contribution in [3.05, 3.63) is 74.2 Å². The SMILES string of the molecule is O=c1[nH]c(C(F)(F)F)c(Cc2ccc3ncccc3c2)c(=O)[nH]1. The van der Waals surface area contributed by atoms with Crippen LogP contribution in [0.1, 0.15) is 16.8 Å². The maximum absolute atomic E-state index is 13.0. The highest BCUT2D eigenvalue weighted by atomic mass is 19.4. The summed E-state index contributed by atoms with van der Waals surface area (Å²) in [4.78, 5) is 30.5. The van der Waals surface area contributed by atoms with Crippen LogP contribution in [-0.4, -0.2) is 15.0 Å². The fourth-order valence-electron chi connectivity index (χ4n) is 2.36. The molecule has 0 bridgehead atoms. The van der Waals surface area contributed by atoms with Gasteiger partial charge in [-0.3, -0.25) is 14.8 Å². The van der Waals surface area contributed by atoms with Gasteiger partial charge in [-0.25, -0.2) is 4.79 Å². The Hall–Kier alpha value is -2.90. The first kappa shape index (κ1) is 15.0. The Kier molecular flexibility index (Phi) is 3.51. The van der Waals surface area contributed by atoms with Gasteiger partial charge in [-0.05, 0) is 23.8 Å². The minimum atomic E-state index is -4.82. The number of fused-ring (bicyclic) bond motifs is 1. The average molecular weight is 321 g/mol. The zero-order chi connectivity index (χ0) is 16.6. The molecule has 2 heterocycles. The number of benzene rings is 1. The highest BCUT2D eigenvalue weighted by Crippen LogP contribution is 2.29. The molecule has 0 unspecified atom stereocenters. The molecule has 3 rings (SSSR count).